The maximum absolute atomic E-state index is 11.1. The van der Waals surface area contributed by atoms with Crippen LogP contribution in [0.3, 0.4) is 0 Å². The number of nitrogens with zero attached hydrogens (tertiary/aromatic N) is 4. The summed E-state index contributed by atoms with van der Waals surface area (Å²) in [7, 11) is 0. The van der Waals surface area contributed by atoms with E-state index >= 15 is 0 Å². The second-order valence-corrected chi connectivity index (χ2v) is 5.49. The summed E-state index contributed by atoms with van der Waals surface area (Å²) in [4.78, 5) is 36.9. The van der Waals surface area contributed by atoms with E-state index in [0.717, 1.165) is 0 Å². The SMILES string of the molecule is CCOC(=O)c1cnc(SC)nc1.CSc1ncc(C(=O)O)cn1. The summed E-state index contributed by atoms with van der Waals surface area (Å²) in [6, 6.07) is 0. The molecule has 0 aromatic carbocycles. The number of rotatable bonds is 5. The van der Waals surface area contributed by atoms with Crippen LogP contribution in [0.4, 0.5) is 0 Å². The summed E-state index contributed by atoms with van der Waals surface area (Å²) < 4.78 is 4.78. The van der Waals surface area contributed by atoms with Gasteiger partial charge >= 0.3 is 11.9 Å². The largest absolute Gasteiger partial charge is 0.478 e. The Balaban J connectivity index is 0.000000243. The maximum atomic E-state index is 11.1. The molecule has 128 valence electrons. The zero-order valence-electron chi connectivity index (χ0n) is 13.3. The van der Waals surface area contributed by atoms with E-state index in [1.54, 1.807) is 6.92 Å². The van der Waals surface area contributed by atoms with Crippen molar-refractivity contribution < 1.29 is 19.4 Å². The molecule has 0 aliphatic rings. The number of hydrogen-bond donors (Lipinski definition) is 1. The van der Waals surface area contributed by atoms with E-state index in [-0.39, 0.29) is 11.5 Å². The van der Waals surface area contributed by atoms with Crippen LogP contribution in [-0.2, 0) is 4.74 Å². The van der Waals surface area contributed by atoms with Gasteiger partial charge in [0.2, 0.25) is 0 Å². The lowest BCUT2D eigenvalue weighted by atomic mass is 10.3. The molecule has 10 heteroatoms. The first-order valence-corrected chi connectivity index (χ1v) is 9.09. The summed E-state index contributed by atoms with van der Waals surface area (Å²) >= 11 is 2.80. The number of ether oxygens (including phenoxy) is 1. The minimum absolute atomic E-state index is 0.114. The molecule has 2 heterocycles. The highest BCUT2D eigenvalue weighted by Crippen LogP contribution is 2.07. The highest BCUT2D eigenvalue weighted by molar-refractivity contribution is 7.98. The van der Waals surface area contributed by atoms with E-state index in [0.29, 0.717) is 22.5 Å². The number of hydrogen-bond acceptors (Lipinski definition) is 9. The van der Waals surface area contributed by atoms with Crippen molar-refractivity contribution in [2.45, 2.75) is 17.2 Å². The first-order chi connectivity index (χ1) is 11.5. The van der Waals surface area contributed by atoms with E-state index in [9.17, 15) is 9.59 Å². The van der Waals surface area contributed by atoms with Gasteiger partial charge in [0.25, 0.3) is 0 Å². The molecule has 0 radical (unpaired) electrons. The summed E-state index contributed by atoms with van der Waals surface area (Å²) in [6.07, 6.45) is 9.23. The van der Waals surface area contributed by atoms with Gasteiger partial charge in [-0.25, -0.2) is 29.5 Å². The van der Waals surface area contributed by atoms with Gasteiger partial charge in [0, 0.05) is 24.8 Å². The van der Waals surface area contributed by atoms with Crippen molar-refractivity contribution in [3.05, 3.63) is 35.9 Å². The van der Waals surface area contributed by atoms with Crippen molar-refractivity contribution in [3.63, 3.8) is 0 Å². The lowest BCUT2D eigenvalue weighted by molar-refractivity contribution is 0.0524. The second kappa shape index (κ2) is 10.6. The van der Waals surface area contributed by atoms with Crippen LogP contribution >= 0.6 is 23.5 Å². The molecule has 8 nitrogen and oxygen atoms in total. The smallest absolute Gasteiger partial charge is 0.341 e. The third-order valence-electron chi connectivity index (χ3n) is 2.38. The van der Waals surface area contributed by atoms with Crippen molar-refractivity contribution >= 4 is 35.5 Å². The summed E-state index contributed by atoms with van der Waals surface area (Å²) in [5.41, 5.74) is 0.502. The molecule has 0 atom stereocenters. The number of aromatic nitrogens is 4. The normalized spacial score (nSPS) is 9.62. The molecule has 0 aliphatic carbocycles. The Morgan fingerprint density at radius 2 is 1.38 bits per heavy atom. The Labute approximate surface area is 147 Å². The zero-order valence-corrected chi connectivity index (χ0v) is 14.9. The van der Waals surface area contributed by atoms with Crippen LogP contribution in [0.15, 0.2) is 35.1 Å². The quantitative estimate of drug-likeness (QED) is 0.478. The first kappa shape index (κ1) is 19.8. The van der Waals surface area contributed by atoms with Gasteiger partial charge in [0.05, 0.1) is 17.7 Å². The molecule has 2 aromatic heterocycles. The zero-order chi connectivity index (χ0) is 17.9. The average Bonchev–Trinajstić information content (AvgIpc) is 2.62. The fourth-order valence-electron chi connectivity index (χ4n) is 1.27. The van der Waals surface area contributed by atoms with Gasteiger partial charge < -0.3 is 9.84 Å². The van der Waals surface area contributed by atoms with Crippen molar-refractivity contribution in [1.29, 1.82) is 0 Å². The van der Waals surface area contributed by atoms with Crippen LogP contribution in [0.5, 0.6) is 0 Å². The van der Waals surface area contributed by atoms with Crippen LogP contribution in [-0.4, -0.2) is 56.1 Å². The molecule has 0 spiro atoms. The molecular formula is C14H16N4O4S2. The molecule has 2 rings (SSSR count). The third kappa shape index (κ3) is 6.50. The highest BCUT2D eigenvalue weighted by Gasteiger charge is 2.06. The number of aromatic carboxylic acids is 1. The Kier molecular flexibility index (Phi) is 8.72. The van der Waals surface area contributed by atoms with Gasteiger partial charge in [-0.15, -0.1) is 0 Å². The predicted octanol–water partition coefficient (Wildman–Crippen LogP) is 2.27. The third-order valence-corrected chi connectivity index (χ3v) is 3.53. The number of carboxylic acids is 1. The summed E-state index contributed by atoms with van der Waals surface area (Å²) in [5, 5.41) is 9.69. The van der Waals surface area contributed by atoms with E-state index in [1.165, 1.54) is 48.3 Å². The van der Waals surface area contributed by atoms with Crippen LogP contribution < -0.4 is 0 Å². The molecule has 0 fully saturated rings. The lowest BCUT2D eigenvalue weighted by Crippen LogP contribution is -2.05. The first-order valence-electron chi connectivity index (χ1n) is 6.64. The Morgan fingerprint density at radius 3 is 1.71 bits per heavy atom. The number of esters is 1. The molecule has 0 saturated carbocycles. The molecule has 0 bridgehead atoms. The van der Waals surface area contributed by atoms with Crippen LogP contribution in [0, 0.1) is 0 Å². The van der Waals surface area contributed by atoms with Crippen LogP contribution in [0.1, 0.15) is 27.6 Å². The van der Waals surface area contributed by atoms with Gasteiger partial charge in [-0.05, 0) is 19.4 Å². The molecule has 24 heavy (non-hydrogen) atoms. The Hall–Kier alpha value is -2.20. The molecule has 0 aliphatic heterocycles. The molecular weight excluding hydrogens is 352 g/mol. The molecule has 0 unspecified atom stereocenters. The number of carboxylic acid groups (broad SMARTS) is 1. The van der Waals surface area contributed by atoms with Gasteiger partial charge in [0.15, 0.2) is 10.3 Å². The Morgan fingerprint density at radius 1 is 0.958 bits per heavy atom. The Bertz CT molecular complexity index is 665. The average molecular weight is 368 g/mol. The van der Waals surface area contributed by atoms with Crippen molar-refractivity contribution in [3.8, 4) is 0 Å². The van der Waals surface area contributed by atoms with E-state index in [1.807, 2.05) is 12.5 Å². The summed E-state index contributed by atoms with van der Waals surface area (Å²) in [5.74, 6) is -1.38. The number of thioether (sulfide) groups is 2. The maximum Gasteiger partial charge on any atom is 0.341 e. The monoisotopic (exact) mass is 368 g/mol. The van der Waals surface area contributed by atoms with Crippen molar-refractivity contribution in [2.24, 2.45) is 0 Å². The number of carbonyl (C=O) groups excluding carboxylic acids is 1. The topological polar surface area (TPSA) is 115 Å². The van der Waals surface area contributed by atoms with E-state index in [4.69, 9.17) is 9.84 Å². The van der Waals surface area contributed by atoms with Gasteiger partial charge in [0.1, 0.15) is 0 Å². The minimum Gasteiger partial charge on any atom is -0.478 e. The molecule has 0 amide bonds. The fraction of sp³-hybridized carbons (Fsp3) is 0.286. The standard InChI is InChI=1S/C8H10N2O2S.C6H6N2O2S/c1-3-12-7(11)6-4-9-8(13-2)10-5-6;1-11-6-7-2-4(3-8-6)5(9)10/h4-5H,3H2,1-2H3;2-3H,1H3,(H,9,10). The van der Waals surface area contributed by atoms with Gasteiger partial charge in [-0.3, -0.25) is 0 Å². The van der Waals surface area contributed by atoms with Crippen molar-refractivity contribution in [1.82, 2.24) is 19.9 Å². The van der Waals surface area contributed by atoms with Crippen molar-refractivity contribution in [2.75, 3.05) is 19.1 Å². The second-order valence-electron chi connectivity index (χ2n) is 3.94. The molecule has 1 N–H and O–H groups in total. The van der Waals surface area contributed by atoms with E-state index in [2.05, 4.69) is 19.9 Å². The lowest BCUT2D eigenvalue weighted by Gasteiger charge is -2.00. The summed E-state index contributed by atoms with van der Waals surface area (Å²) in [6.45, 7) is 2.12. The van der Waals surface area contributed by atoms with E-state index < -0.39 is 5.97 Å². The minimum atomic E-state index is -1.00. The predicted molar refractivity (Wildman–Crippen MR) is 90.5 cm³/mol. The van der Waals surface area contributed by atoms with Gasteiger partial charge in [-0.1, -0.05) is 23.5 Å². The number of carbonyl (C=O) groups is 2. The van der Waals surface area contributed by atoms with Crippen LogP contribution in [0.25, 0.3) is 0 Å². The van der Waals surface area contributed by atoms with Gasteiger partial charge in [-0.2, -0.15) is 0 Å². The van der Waals surface area contributed by atoms with Crippen LogP contribution in [0.2, 0.25) is 0 Å². The molecule has 2 aromatic rings. The fourth-order valence-corrected chi connectivity index (χ4v) is 1.91. The highest BCUT2D eigenvalue weighted by atomic mass is 32.2. The molecule has 0 saturated heterocycles.